The van der Waals surface area contributed by atoms with Crippen molar-refractivity contribution in [3.05, 3.63) is 90.3 Å². The average molecular weight is 372 g/mol. The molecule has 0 spiro atoms. The first-order chi connectivity index (χ1) is 13.6. The highest BCUT2D eigenvalue weighted by Gasteiger charge is 2.50. The van der Waals surface area contributed by atoms with Crippen LogP contribution in [0.5, 0.6) is 0 Å². The van der Waals surface area contributed by atoms with E-state index in [0.29, 0.717) is 19.4 Å². The zero-order valence-corrected chi connectivity index (χ0v) is 16.0. The molecule has 2 heterocycles. The number of hydrazine groups is 1. The Morgan fingerprint density at radius 3 is 2.39 bits per heavy atom. The standard InChI is InChI=1S/C23H24N4O/c1-26(24)16-13-23(17-18-11-14-25-15-12-18)20-9-5-6-10-21(20)27(22(23)28)19-7-3-2-4-8-19/h2-12,14-15H,13,16-17,24H2,1H3. The predicted molar refractivity (Wildman–Crippen MR) is 111 cm³/mol. The number of carbonyl (C=O) groups excluding carboxylic acids is 1. The fourth-order valence-electron chi connectivity index (χ4n) is 4.06. The van der Waals surface area contributed by atoms with Crippen LogP contribution in [0.3, 0.4) is 0 Å². The predicted octanol–water partition coefficient (Wildman–Crippen LogP) is 3.44. The molecular weight excluding hydrogens is 348 g/mol. The monoisotopic (exact) mass is 372 g/mol. The lowest BCUT2D eigenvalue weighted by atomic mass is 9.74. The molecule has 142 valence electrons. The molecule has 1 amide bonds. The van der Waals surface area contributed by atoms with Crippen LogP contribution in [0.1, 0.15) is 17.5 Å². The number of rotatable bonds is 6. The lowest BCUT2D eigenvalue weighted by molar-refractivity contribution is -0.122. The molecule has 1 aliphatic heterocycles. The first kappa shape index (κ1) is 18.3. The molecule has 1 unspecified atom stereocenters. The lowest BCUT2D eigenvalue weighted by Crippen LogP contribution is -2.43. The Bertz CT molecular complexity index is 959. The molecule has 0 saturated heterocycles. The maximum Gasteiger partial charge on any atom is 0.242 e. The van der Waals surface area contributed by atoms with Crippen molar-refractivity contribution in [2.75, 3.05) is 18.5 Å². The van der Waals surface area contributed by atoms with Crippen LogP contribution in [0.4, 0.5) is 11.4 Å². The minimum Gasteiger partial charge on any atom is -0.280 e. The van der Waals surface area contributed by atoms with Gasteiger partial charge in [-0.05, 0) is 54.3 Å². The summed E-state index contributed by atoms with van der Waals surface area (Å²) in [6, 6.07) is 21.9. The van der Waals surface area contributed by atoms with Gasteiger partial charge >= 0.3 is 0 Å². The van der Waals surface area contributed by atoms with E-state index in [1.165, 1.54) is 0 Å². The van der Waals surface area contributed by atoms with Crippen LogP contribution >= 0.6 is 0 Å². The van der Waals surface area contributed by atoms with Crippen molar-refractivity contribution in [3.63, 3.8) is 0 Å². The third kappa shape index (κ3) is 3.19. The smallest absolute Gasteiger partial charge is 0.242 e. The van der Waals surface area contributed by atoms with E-state index in [2.05, 4.69) is 11.1 Å². The van der Waals surface area contributed by atoms with Gasteiger partial charge in [0.15, 0.2) is 0 Å². The van der Waals surface area contributed by atoms with Crippen LogP contribution in [-0.4, -0.2) is 29.5 Å². The molecule has 2 N–H and O–H groups in total. The van der Waals surface area contributed by atoms with Crippen LogP contribution in [0.15, 0.2) is 79.1 Å². The van der Waals surface area contributed by atoms with Gasteiger partial charge in [-0.2, -0.15) is 0 Å². The molecule has 28 heavy (non-hydrogen) atoms. The van der Waals surface area contributed by atoms with E-state index in [1.807, 2.05) is 72.6 Å². The Hall–Kier alpha value is -3.02. The summed E-state index contributed by atoms with van der Waals surface area (Å²) in [6.45, 7) is 0.619. The number of nitrogens with zero attached hydrogens (tertiary/aromatic N) is 3. The summed E-state index contributed by atoms with van der Waals surface area (Å²) in [4.78, 5) is 19.9. The number of hydrogen-bond acceptors (Lipinski definition) is 4. The number of amides is 1. The first-order valence-corrected chi connectivity index (χ1v) is 9.46. The Morgan fingerprint density at radius 1 is 1.00 bits per heavy atom. The molecule has 0 aliphatic carbocycles. The molecule has 1 atom stereocenters. The number of pyridine rings is 1. The maximum absolute atomic E-state index is 14.0. The van der Waals surface area contributed by atoms with Gasteiger partial charge in [0.25, 0.3) is 0 Å². The zero-order chi connectivity index (χ0) is 19.6. The van der Waals surface area contributed by atoms with Crippen LogP contribution in [-0.2, 0) is 16.6 Å². The molecule has 1 aliphatic rings. The molecule has 5 heteroatoms. The number of aromatic nitrogens is 1. The van der Waals surface area contributed by atoms with Crippen molar-refractivity contribution in [2.45, 2.75) is 18.3 Å². The summed E-state index contributed by atoms with van der Waals surface area (Å²) in [7, 11) is 1.83. The minimum atomic E-state index is -0.665. The van der Waals surface area contributed by atoms with E-state index in [-0.39, 0.29) is 5.91 Å². The maximum atomic E-state index is 14.0. The first-order valence-electron chi connectivity index (χ1n) is 9.46. The molecule has 0 bridgehead atoms. The van der Waals surface area contributed by atoms with E-state index in [4.69, 9.17) is 5.84 Å². The van der Waals surface area contributed by atoms with Crippen LogP contribution in [0.25, 0.3) is 0 Å². The van der Waals surface area contributed by atoms with Crippen molar-refractivity contribution in [3.8, 4) is 0 Å². The van der Waals surface area contributed by atoms with Crippen molar-refractivity contribution in [2.24, 2.45) is 5.84 Å². The molecule has 3 aromatic rings. The summed E-state index contributed by atoms with van der Waals surface area (Å²) in [5.41, 5.74) is 3.32. The number of hydrogen-bond donors (Lipinski definition) is 1. The fourth-order valence-corrected chi connectivity index (χ4v) is 4.06. The average Bonchev–Trinajstić information content (AvgIpc) is 2.96. The summed E-state index contributed by atoms with van der Waals surface area (Å²) < 4.78 is 0. The fraction of sp³-hybridized carbons (Fsp3) is 0.217. The summed E-state index contributed by atoms with van der Waals surface area (Å²) in [6.07, 6.45) is 4.81. The van der Waals surface area contributed by atoms with Crippen molar-refractivity contribution >= 4 is 17.3 Å². The molecule has 5 nitrogen and oxygen atoms in total. The van der Waals surface area contributed by atoms with E-state index >= 15 is 0 Å². The van der Waals surface area contributed by atoms with Crippen molar-refractivity contribution in [1.82, 2.24) is 9.99 Å². The minimum absolute atomic E-state index is 0.0959. The normalized spacial score (nSPS) is 18.5. The summed E-state index contributed by atoms with van der Waals surface area (Å²) in [5.74, 6) is 6.03. The van der Waals surface area contributed by atoms with E-state index in [0.717, 1.165) is 22.5 Å². The lowest BCUT2D eigenvalue weighted by Gasteiger charge is -2.30. The van der Waals surface area contributed by atoms with Crippen molar-refractivity contribution < 1.29 is 4.79 Å². The van der Waals surface area contributed by atoms with Gasteiger partial charge in [0.05, 0.1) is 11.1 Å². The van der Waals surface area contributed by atoms with Gasteiger partial charge in [0.1, 0.15) is 0 Å². The number of fused-ring (bicyclic) bond motifs is 1. The largest absolute Gasteiger partial charge is 0.280 e. The molecule has 2 aromatic carbocycles. The second-order valence-corrected chi connectivity index (χ2v) is 7.34. The highest BCUT2D eigenvalue weighted by molar-refractivity contribution is 6.13. The van der Waals surface area contributed by atoms with Crippen LogP contribution in [0.2, 0.25) is 0 Å². The number of nitrogens with two attached hydrogens (primary N) is 1. The van der Waals surface area contributed by atoms with Gasteiger partial charge in [0, 0.05) is 31.7 Å². The molecule has 0 fully saturated rings. The van der Waals surface area contributed by atoms with Gasteiger partial charge < -0.3 is 0 Å². The molecule has 0 radical (unpaired) electrons. The summed E-state index contributed by atoms with van der Waals surface area (Å²) in [5, 5.41) is 1.65. The second-order valence-electron chi connectivity index (χ2n) is 7.34. The molecule has 4 rings (SSSR count). The van der Waals surface area contributed by atoms with Gasteiger partial charge in [-0.3, -0.25) is 25.5 Å². The van der Waals surface area contributed by atoms with Gasteiger partial charge in [0.2, 0.25) is 5.91 Å². The third-order valence-corrected chi connectivity index (χ3v) is 5.43. The van der Waals surface area contributed by atoms with E-state index in [9.17, 15) is 4.79 Å². The van der Waals surface area contributed by atoms with Crippen molar-refractivity contribution in [1.29, 1.82) is 0 Å². The Balaban J connectivity index is 1.85. The third-order valence-electron chi connectivity index (χ3n) is 5.43. The summed E-state index contributed by atoms with van der Waals surface area (Å²) >= 11 is 0. The Morgan fingerprint density at radius 2 is 1.68 bits per heavy atom. The number of benzene rings is 2. The Kier molecular flexibility index (Phi) is 4.94. The van der Waals surface area contributed by atoms with Crippen LogP contribution in [0, 0.1) is 0 Å². The van der Waals surface area contributed by atoms with Gasteiger partial charge in [-0.25, -0.2) is 0 Å². The highest BCUT2D eigenvalue weighted by Crippen LogP contribution is 2.48. The SMILES string of the molecule is CN(N)CCC1(Cc2ccncc2)C(=O)N(c2ccccc2)c2ccccc21. The highest BCUT2D eigenvalue weighted by atomic mass is 16.2. The van der Waals surface area contributed by atoms with E-state index < -0.39 is 5.41 Å². The number of carbonyl (C=O) groups is 1. The quantitative estimate of drug-likeness (QED) is 0.532. The molecule has 1 aromatic heterocycles. The van der Waals surface area contributed by atoms with Gasteiger partial charge in [-0.15, -0.1) is 0 Å². The number of para-hydroxylation sites is 2. The molecular formula is C23H24N4O. The zero-order valence-electron chi connectivity index (χ0n) is 16.0. The number of anilines is 2. The Labute approximate surface area is 165 Å². The molecule has 0 saturated carbocycles. The van der Waals surface area contributed by atoms with Crippen LogP contribution < -0.4 is 10.7 Å². The van der Waals surface area contributed by atoms with Gasteiger partial charge in [-0.1, -0.05) is 36.4 Å². The second kappa shape index (κ2) is 7.54. The van der Waals surface area contributed by atoms with E-state index in [1.54, 1.807) is 17.4 Å². The topological polar surface area (TPSA) is 62.5 Å².